The van der Waals surface area contributed by atoms with Gasteiger partial charge in [0.25, 0.3) is 0 Å². The van der Waals surface area contributed by atoms with Crippen molar-refractivity contribution in [3.8, 4) is 0 Å². The van der Waals surface area contributed by atoms with E-state index >= 15 is 0 Å². The van der Waals surface area contributed by atoms with Gasteiger partial charge in [0.15, 0.2) is 0 Å². The fraction of sp³-hybridized carbons (Fsp3) is 1.00. The van der Waals surface area contributed by atoms with Gasteiger partial charge in [0.2, 0.25) is 0 Å². The van der Waals surface area contributed by atoms with E-state index in [1.54, 1.807) is 0 Å². The molecule has 2 heteroatoms. The molecule has 0 aromatic heterocycles. The highest BCUT2D eigenvalue weighted by molar-refractivity contribution is 4.90. The average molecular weight is 224 g/mol. The Morgan fingerprint density at radius 1 is 1.12 bits per heavy atom. The summed E-state index contributed by atoms with van der Waals surface area (Å²) in [5, 5.41) is 0. The largest absolute Gasteiger partial charge is 0.328 e. The minimum atomic E-state index is 0.481. The Bertz CT molecular complexity index is 213. The molecule has 0 aromatic rings. The normalized spacial score (nSPS) is 35.4. The summed E-state index contributed by atoms with van der Waals surface area (Å²) in [5.41, 5.74) is 6.67. The molecule has 2 nitrogen and oxygen atoms in total. The van der Waals surface area contributed by atoms with Gasteiger partial charge >= 0.3 is 0 Å². The Morgan fingerprint density at radius 2 is 1.75 bits per heavy atom. The maximum absolute atomic E-state index is 6.01. The predicted octanol–water partition coefficient (Wildman–Crippen LogP) is 2.77. The van der Waals surface area contributed by atoms with Crippen LogP contribution in [0.25, 0.3) is 0 Å². The zero-order chi connectivity index (χ0) is 11.6. The quantitative estimate of drug-likeness (QED) is 0.798. The van der Waals surface area contributed by atoms with E-state index in [0.29, 0.717) is 11.5 Å². The van der Waals surface area contributed by atoms with Crippen LogP contribution in [0, 0.1) is 5.41 Å². The number of hydrogen-bond donors (Lipinski definition) is 1. The van der Waals surface area contributed by atoms with Crippen LogP contribution in [0.5, 0.6) is 0 Å². The molecule has 2 aliphatic rings. The molecule has 1 saturated heterocycles. The van der Waals surface area contributed by atoms with Gasteiger partial charge in [0, 0.05) is 12.1 Å². The van der Waals surface area contributed by atoms with Gasteiger partial charge in [-0.15, -0.1) is 0 Å². The van der Waals surface area contributed by atoms with Crippen LogP contribution in [0.2, 0.25) is 0 Å². The lowest BCUT2D eigenvalue weighted by Crippen LogP contribution is -2.44. The van der Waals surface area contributed by atoms with E-state index in [1.165, 1.54) is 58.0 Å². The molecule has 16 heavy (non-hydrogen) atoms. The van der Waals surface area contributed by atoms with Crippen LogP contribution in [0.1, 0.15) is 58.8 Å². The van der Waals surface area contributed by atoms with E-state index in [4.69, 9.17) is 5.73 Å². The second-order valence-electron chi connectivity index (χ2n) is 5.97. The fourth-order valence-corrected chi connectivity index (χ4v) is 3.64. The minimum Gasteiger partial charge on any atom is -0.328 e. The van der Waals surface area contributed by atoms with Crippen LogP contribution in [0.4, 0.5) is 0 Å². The van der Waals surface area contributed by atoms with Crippen LogP contribution in [-0.4, -0.2) is 30.1 Å². The summed E-state index contributed by atoms with van der Waals surface area (Å²) in [5.74, 6) is 0. The van der Waals surface area contributed by atoms with Gasteiger partial charge < -0.3 is 10.6 Å². The summed E-state index contributed by atoms with van der Waals surface area (Å²) in [6.07, 6.45) is 9.37. The topological polar surface area (TPSA) is 29.3 Å². The van der Waals surface area contributed by atoms with Crippen molar-refractivity contribution in [2.75, 3.05) is 13.1 Å². The van der Waals surface area contributed by atoms with E-state index in [1.807, 2.05) is 0 Å². The van der Waals surface area contributed by atoms with Crippen molar-refractivity contribution in [1.29, 1.82) is 0 Å². The fourth-order valence-electron chi connectivity index (χ4n) is 3.64. The molecule has 2 rings (SSSR count). The molecular formula is C14H28N2. The van der Waals surface area contributed by atoms with Gasteiger partial charge in [-0.3, -0.25) is 0 Å². The highest BCUT2D eigenvalue weighted by atomic mass is 15.2. The van der Waals surface area contributed by atoms with Gasteiger partial charge in [-0.2, -0.15) is 0 Å². The Balaban J connectivity index is 1.85. The molecule has 1 aliphatic heterocycles. The average Bonchev–Trinajstić information content (AvgIpc) is 2.76. The number of hydrogen-bond acceptors (Lipinski definition) is 2. The van der Waals surface area contributed by atoms with Crippen molar-refractivity contribution in [3.63, 3.8) is 0 Å². The van der Waals surface area contributed by atoms with Crippen molar-refractivity contribution < 1.29 is 0 Å². The molecule has 0 aromatic carbocycles. The van der Waals surface area contributed by atoms with Crippen molar-refractivity contribution in [1.82, 2.24) is 4.90 Å². The second-order valence-corrected chi connectivity index (χ2v) is 5.97. The zero-order valence-corrected chi connectivity index (χ0v) is 11.0. The van der Waals surface area contributed by atoms with Gasteiger partial charge in [-0.25, -0.2) is 0 Å². The summed E-state index contributed by atoms with van der Waals surface area (Å²) in [6.45, 7) is 7.37. The van der Waals surface area contributed by atoms with E-state index in [0.717, 1.165) is 6.04 Å². The standard InChI is InChI=1S/C14H28N2/c1-3-14(4-2)7-9-16(10-8-14)13-6-5-12(15)11-13/h12-13H,3-11,15H2,1-2H3. The summed E-state index contributed by atoms with van der Waals surface area (Å²) < 4.78 is 0. The monoisotopic (exact) mass is 224 g/mol. The van der Waals surface area contributed by atoms with E-state index in [-0.39, 0.29) is 0 Å². The van der Waals surface area contributed by atoms with Crippen LogP contribution >= 0.6 is 0 Å². The summed E-state index contributed by atoms with van der Waals surface area (Å²) >= 11 is 0. The first-order valence-corrected chi connectivity index (χ1v) is 7.19. The van der Waals surface area contributed by atoms with Crippen molar-refractivity contribution in [2.24, 2.45) is 11.1 Å². The van der Waals surface area contributed by atoms with Gasteiger partial charge in [0.05, 0.1) is 0 Å². The Labute approximate surface area is 101 Å². The Hall–Kier alpha value is -0.0800. The predicted molar refractivity (Wildman–Crippen MR) is 69.4 cm³/mol. The molecular weight excluding hydrogens is 196 g/mol. The maximum Gasteiger partial charge on any atom is 0.0111 e. The summed E-state index contributed by atoms with van der Waals surface area (Å²) in [4.78, 5) is 2.72. The highest BCUT2D eigenvalue weighted by Crippen LogP contribution is 2.39. The number of piperidine rings is 1. The first kappa shape index (κ1) is 12.4. The lowest BCUT2D eigenvalue weighted by Gasteiger charge is -2.43. The lowest BCUT2D eigenvalue weighted by molar-refractivity contribution is 0.0674. The molecule has 2 N–H and O–H groups in total. The molecule has 2 atom stereocenters. The van der Waals surface area contributed by atoms with Gasteiger partial charge in [0.1, 0.15) is 0 Å². The number of nitrogens with zero attached hydrogens (tertiary/aromatic N) is 1. The first-order valence-electron chi connectivity index (χ1n) is 7.19. The number of rotatable bonds is 3. The van der Waals surface area contributed by atoms with Crippen LogP contribution in [0.3, 0.4) is 0 Å². The molecule has 94 valence electrons. The molecule has 0 radical (unpaired) electrons. The molecule has 1 aliphatic carbocycles. The van der Waals surface area contributed by atoms with Crippen LogP contribution in [0.15, 0.2) is 0 Å². The van der Waals surface area contributed by atoms with Gasteiger partial charge in [-0.05, 0) is 50.6 Å². The Kier molecular flexibility index (Phi) is 3.91. The molecule has 0 spiro atoms. The van der Waals surface area contributed by atoms with E-state index < -0.39 is 0 Å². The van der Waals surface area contributed by atoms with Crippen molar-refractivity contribution >= 4 is 0 Å². The van der Waals surface area contributed by atoms with Crippen molar-refractivity contribution in [3.05, 3.63) is 0 Å². The molecule has 1 saturated carbocycles. The minimum absolute atomic E-state index is 0.481. The number of nitrogens with two attached hydrogens (primary N) is 1. The van der Waals surface area contributed by atoms with Gasteiger partial charge in [-0.1, -0.05) is 26.7 Å². The lowest BCUT2D eigenvalue weighted by atomic mass is 9.74. The third-order valence-electron chi connectivity index (χ3n) is 5.32. The maximum atomic E-state index is 6.01. The Morgan fingerprint density at radius 3 is 2.19 bits per heavy atom. The number of likely N-dealkylation sites (tertiary alicyclic amines) is 1. The van der Waals surface area contributed by atoms with Crippen LogP contribution in [-0.2, 0) is 0 Å². The SMILES string of the molecule is CCC1(CC)CCN(C2CCC(N)C2)CC1. The molecule has 0 amide bonds. The molecule has 2 unspecified atom stereocenters. The molecule has 1 heterocycles. The molecule has 2 fully saturated rings. The smallest absolute Gasteiger partial charge is 0.0111 e. The summed E-state index contributed by atoms with van der Waals surface area (Å²) in [6, 6.07) is 1.29. The summed E-state index contributed by atoms with van der Waals surface area (Å²) in [7, 11) is 0. The second kappa shape index (κ2) is 5.05. The third kappa shape index (κ3) is 2.43. The third-order valence-corrected chi connectivity index (χ3v) is 5.32. The van der Waals surface area contributed by atoms with E-state index in [9.17, 15) is 0 Å². The first-order chi connectivity index (χ1) is 7.69. The zero-order valence-electron chi connectivity index (χ0n) is 11.0. The van der Waals surface area contributed by atoms with Crippen LogP contribution < -0.4 is 5.73 Å². The molecule has 0 bridgehead atoms. The highest BCUT2D eigenvalue weighted by Gasteiger charge is 2.35. The van der Waals surface area contributed by atoms with Crippen molar-refractivity contribution in [2.45, 2.75) is 70.9 Å². The van der Waals surface area contributed by atoms with E-state index in [2.05, 4.69) is 18.7 Å².